The molecule has 1 aliphatic heterocycles. The number of rotatable bonds is 7. The van der Waals surface area contributed by atoms with Crippen LogP contribution in [-0.2, 0) is 9.53 Å². The number of nitrogens with one attached hydrogen (secondary N) is 2. The first kappa shape index (κ1) is 21.2. The molecule has 1 atom stereocenters. The number of amides is 1. The van der Waals surface area contributed by atoms with Gasteiger partial charge in [0.1, 0.15) is 6.10 Å². The maximum atomic E-state index is 11.7. The summed E-state index contributed by atoms with van der Waals surface area (Å²) in [5.41, 5.74) is 0. The van der Waals surface area contributed by atoms with E-state index in [-0.39, 0.29) is 36.8 Å². The molecule has 1 saturated heterocycles. The number of morpholine rings is 1. The third kappa shape index (κ3) is 8.65. The van der Waals surface area contributed by atoms with E-state index in [2.05, 4.69) is 29.4 Å². The molecule has 0 bridgehead atoms. The number of carbonyl (C=O) groups excluding carboxylic acids is 1. The number of ether oxygens (including phenoxy) is 1. The Kier molecular flexibility index (Phi) is 14.5. The number of halogens is 2. The molecule has 0 aromatic rings. The Morgan fingerprint density at radius 3 is 2.63 bits per heavy atom. The van der Waals surface area contributed by atoms with Crippen LogP contribution in [0.5, 0.6) is 0 Å². The van der Waals surface area contributed by atoms with E-state index in [0.29, 0.717) is 19.7 Å². The maximum absolute atomic E-state index is 11.7. The number of likely N-dealkylation sites (N-methyl/N-ethyl adjacent to an activating group) is 1. The molecule has 1 aliphatic rings. The fraction of sp³-hybridized carbons (Fsp3) is 0.917. The molecule has 19 heavy (non-hydrogen) atoms. The fourth-order valence-corrected chi connectivity index (χ4v) is 1.93. The normalized spacial score (nSPS) is 18.4. The molecular formula is C12H27Cl2N3O2. The van der Waals surface area contributed by atoms with Gasteiger partial charge < -0.3 is 20.3 Å². The van der Waals surface area contributed by atoms with E-state index < -0.39 is 0 Å². The first-order valence-corrected chi connectivity index (χ1v) is 6.60. The van der Waals surface area contributed by atoms with Gasteiger partial charge in [-0.25, -0.2) is 0 Å². The second-order valence-electron chi connectivity index (χ2n) is 4.29. The second-order valence-corrected chi connectivity index (χ2v) is 4.29. The topological polar surface area (TPSA) is 53.6 Å². The van der Waals surface area contributed by atoms with Gasteiger partial charge in [-0.15, -0.1) is 24.8 Å². The lowest BCUT2D eigenvalue weighted by molar-refractivity contribution is -0.134. The van der Waals surface area contributed by atoms with Gasteiger partial charge in [-0.3, -0.25) is 4.79 Å². The van der Waals surface area contributed by atoms with Crippen LogP contribution in [-0.4, -0.2) is 62.8 Å². The number of nitrogens with zero attached hydrogens (tertiary/aromatic N) is 1. The quantitative estimate of drug-likeness (QED) is 0.725. The zero-order valence-electron chi connectivity index (χ0n) is 11.8. The summed E-state index contributed by atoms with van der Waals surface area (Å²) >= 11 is 0. The minimum Gasteiger partial charge on any atom is -0.366 e. The Morgan fingerprint density at radius 1 is 1.37 bits per heavy atom. The summed E-state index contributed by atoms with van der Waals surface area (Å²) in [5, 5.41) is 6.08. The van der Waals surface area contributed by atoms with Crippen molar-refractivity contribution in [2.45, 2.75) is 26.4 Å². The molecule has 1 heterocycles. The summed E-state index contributed by atoms with van der Waals surface area (Å²) in [5.74, 6) is 0.00440. The van der Waals surface area contributed by atoms with Crippen molar-refractivity contribution in [2.75, 3.05) is 45.9 Å². The minimum atomic E-state index is -0.315. The van der Waals surface area contributed by atoms with Crippen LogP contribution in [0.25, 0.3) is 0 Å². The highest BCUT2D eigenvalue weighted by molar-refractivity contribution is 5.85. The average molecular weight is 316 g/mol. The number of carbonyl (C=O) groups is 1. The first-order chi connectivity index (χ1) is 8.27. The third-order valence-electron chi connectivity index (χ3n) is 2.93. The third-order valence-corrected chi connectivity index (χ3v) is 2.93. The van der Waals surface area contributed by atoms with Gasteiger partial charge >= 0.3 is 0 Å². The molecular weight excluding hydrogens is 289 g/mol. The first-order valence-electron chi connectivity index (χ1n) is 6.60. The van der Waals surface area contributed by atoms with Crippen molar-refractivity contribution in [3.05, 3.63) is 0 Å². The van der Waals surface area contributed by atoms with Crippen LogP contribution in [0.3, 0.4) is 0 Å². The molecule has 1 amide bonds. The zero-order chi connectivity index (χ0) is 12.5. The van der Waals surface area contributed by atoms with E-state index in [9.17, 15) is 4.79 Å². The van der Waals surface area contributed by atoms with Gasteiger partial charge in [0.2, 0.25) is 0 Å². The van der Waals surface area contributed by atoms with E-state index in [1.165, 1.54) is 0 Å². The molecule has 1 rings (SSSR count). The predicted molar refractivity (Wildman–Crippen MR) is 82.5 cm³/mol. The lowest BCUT2D eigenvalue weighted by atomic mass is 10.3. The van der Waals surface area contributed by atoms with Crippen molar-refractivity contribution in [3.63, 3.8) is 0 Å². The highest BCUT2D eigenvalue weighted by atomic mass is 35.5. The standard InChI is InChI=1S/C12H25N3O2.2ClH/c1-3-7-15(4-2)8-5-14-12(16)11-10-13-6-9-17-11;;/h11,13H,3-10H2,1-2H3,(H,14,16);2*1H. The summed E-state index contributed by atoms with van der Waals surface area (Å²) in [6.45, 7) is 10.1. The summed E-state index contributed by atoms with van der Waals surface area (Å²) < 4.78 is 5.38. The summed E-state index contributed by atoms with van der Waals surface area (Å²) in [6, 6.07) is 0. The highest BCUT2D eigenvalue weighted by Crippen LogP contribution is 1.96. The molecule has 7 heteroatoms. The van der Waals surface area contributed by atoms with Gasteiger partial charge in [-0.05, 0) is 19.5 Å². The van der Waals surface area contributed by atoms with Crippen molar-refractivity contribution in [1.82, 2.24) is 15.5 Å². The van der Waals surface area contributed by atoms with Crippen LogP contribution in [0.4, 0.5) is 0 Å². The van der Waals surface area contributed by atoms with Crippen LogP contribution in [0, 0.1) is 0 Å². The van der Waals surface area contributed by atoms with Crippen molar-refractivity contribution >= 4 is 30.7 Å². The highest BCUT2D eigenvalue weighted by Gasteiger charge is 2.21. The van der Waals surface area contributed by atoms with E-state index >= 15 is 0 Å². The maximum Gasteiger partial charge on any atom is 0.250 e. The number of hydrogen-bond donors (Lipinski definition) is 2. The second kappa shape index (κ2) is 12.9. The van der Waals surface area contributed by atoms with Crippen molar-refractivity contribution in [1.29, 1.82) is 0 Å². The lowest BCUT2D eigenvalue weighted by Gasteiger charge is -2.24. The average Bonchev–Trinajstić information content (AvgIpc) is 2.38. The van der Waals surface area contributed by atoms with E-state index in [0.717, 1.165) is 32.6 Å². The van der Waals surface area contributed by atoms with Gasteiger partial charge in [-0.1, -0.05) is 13.8 Å². The van der Waals surface area contributed by atoms with Gasteiger partial charge in [0.15, 0.2) is 0 Å². The van der Waals surface area contributed by atoms with Gasteiger partial charge in [0.05, 0.1) is 6.61 Å². The van der Waals surface area contributed by atoms with Gasteiger partial charge in [0, 0.05) is 26.2 Å². The van der Waals surface area contributed by atoms with E-state index in [1.54, 1.807) is 0 Å². The van der Waals surface area contributed by atoms with Crippen molar-refractivity contribution < 1.29 is 9.53 Å². The summed E-state index contributed by atoms with van der Waals surface area (Å²) in [7, 11) is 0. The fourth-order valence-electron chi connectivity index (χ4n) is 1.93. The van der Waals surface area contributed by atoms with Crippen LogP contribution < -0.4 is 10.6 Å². The lowest BCUT2D eigenvalue weighted by Crippen LogP contribution is -2.49. The van der Waals surface area contributed by atoms with Crippen molar-refractivity contribution in [3.8, 4) is 0 Å². The number of hydrogen-bond acceptors (Lipinski definition) is 4. The Balaban J connectivity index is 0. The van der Waals surface area contributed by atoms with Crippen LogP contribution >= 0.6 is 24.8 Å². The predicted octanol–water partition coefficient (Wildman–Crippen LogP) is 0.666. The monoisotopic (exact) mass is 315 g/mol. The Labute approximate surface area is 128 Å². The molecule has 0 aliphatic carbocycles. The van der Waals surface area contributed by atoms with Crippen LogP contribution in [0.15, 0.2) is 0 Å². The van der Waals surface area contributed by atoms with Crippen LogP contribution in [0.2, 0.25) is 0 Å². The largest absolute Gasteiger partial charge is 0.366 e. The van der Waals surface area contributed by atoms with Gasteiger partial charge in [0.25, 0.3) is 5.91 Å². The van der Waals surface area contributed by atoms with Gasteiger partial charge in [-0.2, -0.15) is 0 Å². The van der Waals surface area contributed by atoms with Crippen molar-refractivity contribution in [2.24, 2.45) is 0 Å². The zero-order valence-corrected chi connectivity index (χ0v) is 13.4. The molecule has 0 saturated carbocycles. The molecule has 0 radical (unpaired) electrons. The molecule has 2 N–H and O–H groups in total. The Bertz CT molecular complexity index is 227. The molecule has 116 valence electrons. The van der Waals surface area contributed by atoms with E-state index in [4.69, 9.17) is 4.74 Å². The smallest absolute Gasteiger partial charge is 0.250 e. The molecule has 1 unspecified atom stereocenters. The van der Waals surface area contributed by atoms with Crippen LogP contribution in [0.1, 0.15) is 20.3 Å². The molecule has 5 nitrogen and oxygen atoms in total. The SMILES string of the molecule is CCCN(CC)CCNC(=O)C1CNCCO1.Cl.Cl. The van der Waals surface area contributed by atoms with E-state index in [1.807, 2.05) is 0 Å². The minimum absolute atomic E-state index is 0. The summed E-state index contributed by atoms with van der Waals surface area (Å²) in [6.07, 6.45) is 0.835. The molecule has 1 fully saturated rings. The Hall–Kier alpha value is -0.0700. The molecule has 0 spiro atoms. The molecule has 0 aromatic heterocycles. The molecule has 0 aromatic carbocycles. The Morgan fingerprint density at radius 2 is 2.11 bits per heavy atom. The summed E-state index contributed by atoms with van der Waals surface area (Å²) in [4.78, 5) is 14.1.